The van der Waals surface area contributed by atoms with Crippen LogP contribution in [0.25, 0.3) is 6.08 Å². The van der Waals surface area contributed by atoms with Crippen molar-refractivity contribution in [1.82, 2.24) is 0 Å². The molecular weight excluding hydrogens is 316 g/mol. The Hall–Kier alpha value is -1.49. The van der Waals surface area contributed by atoms with E-state index in [0.29, 0.717) is 13.0 Å². The molecule has 4 atom stereocenters. The number of rotatable bonds is 4. The summed E-state index contributed by atoms with van der Waals surface area (Å²) < 4.78 is 17.9. The van der Waals surface area contributed by atoms with E-state index in [4.69, 9.17) is 14.2 Å². The molecule has 0 aromatic heterocycles. The number of Topliss-reactive ketones (excluding diaryl/α,β-unsaturated/α-hetero) is 1. The average molecular weight is 344 g/mol. The van der Waals surface area contributed by atoms with Crippen LogP contribution in [0.15, 0.2) is 36.4 Å². The van der Waals surface area contributed by atoms with Gasteiger partial charge in [0, 0.05) is 12.3 Å². The van der Waals surface area contributed by atoms with Gasteiger partial charge >= 0.3 is 0 Å². The molecule has 2 saturated heterocycles. The predicted octanol–water partition coefficient (Wildman–Crippen LogP) is 3.85. The van der Waals surface area contributed by atoms with Crippen molar-refractivity contribution < 1.29 is 19.0 Å². The first-order valence-corrected chi connectivity index (χ1v) is 9.09. The monoisotopic (exact) mass is 344 g/mol. The molecule has 0 unspecified atom stereocenters. The lowest BCUT2D eigenvalue weighted by Crippen LogP contribution is -2.48. The molecule has 0 aliphatic carbocycles. The summed E-state index contributed by atoms with van der Waals surface area (Å²) in [6.45, 7) is 8.40. The van der Waals surface area contributed by atoms with E-state index in [1.165, 1.54) is 0 Å². The van der Waals surface area contributed by atoms with E-state index in [0.717, 1.165) is 5.56 Å². The topological polar surface area (TPSA) is 44.8 Å². The third-order valence-electron chi connectivity index (χ3n) is 4.90. The van der Waals surface area contributed by atoms with Gasteiger partial charge in [-0.3, -0.25) is 4.79 Å². The molecule has 2 fully saturated rings. The van der Waals surface area contributed by atoms with Crippen molar-refractivity contribution >= 4 is 11.9 Å². The van der Waals surface area contributed by atoms with Crippen LogP contribution in [0.2, 0.25) is 0 Å². The SMILES string of the molecule is CC(C)[C@H]1C(=O)C[C@@H]([C@H]2COC(C)(C)O2)O[C@H]1/C=C/c1ccccc1. The first-order chi connectivity index (χ1) is 11.9. The van der Waals surface area contributed by atoms with Crippen LogP contribution in [0.4, 0.5) is 0 Å². The molecule has 0 amide bonds. The molecule has 4 heteroatoms. The Morgan fingerprint density at radius 1 is 1.16 bits per heavy atom. The highest BCUT2D eigenvalue weighted by atomic mass is 16.7. The minimum Gasteiger partial charge on any atom is -0.367 e. The van der Waals surface area contributed by atoms with Gasteiger partial charge in [-0.25, -0.2) is 0 Å². The number of carbonyl (C=O) groups is 1. The van der Waals surface area contributed by atoms with E-state index in [-0.39, 0.29) is 35.9 Å². The van der Waals surface area contributed by atoms with Gasteiger partial charge in [0.1, 0.15) is 11.9 Å². The van der Waals surface area contributed by atoms with Crippen LogP contribution in [0.1, 0.15) is 39.7 Å². The van der Waals surface area contributed by atoms with E-state index in [9.17, 15) is 4.79 Å². The number of benzene rings is 1. The maximum absolute atomic E-state index is 12.8. The van der Waals surface area contributed by atoms with Crippen LogP contribution in [0.3, 0.4) is 0 Å². The highest BCUT2D eigenvalue weighted by Crippen LogP contribution is 2.34. The lowest BCUT2D eigenvalue weighted by atomic mass is 9.81. The molecular formula is C21H28O4. The van der Waals surface area contributed by atoms with Crippen LogP contribution >= 0.6 is 0 Å². The molecule has 1 aromatic rings. The third kappa shape index (κ3) is 4.38. The zero-order chi connectivity index (χ0) is 18.0. The maximum Gasteiger partial charge on any atom is 0.163 e. The normalized spacial score (nSPS) is 32.6. The zero-order valence-electron chi connectivity index (χ0n) is 15.5. The summed E-state index contributed by atoms with van der Waals surface area (Å²) in [5.74, 6) is -0.244. The maximum atomic E-state index is 12.8. The van der Waals surface area contributed by atoms with E-state index in [2.05, 4.69) is 13.8 Å². The smallest absolute Gasteiger partial charge is 0.163 e. The van der Waals surface area contributed by atoms with Crippen molar-refractivity contribution in [2.24, 2.45) is 11.8 Å². The molecule has 2 aliphatic heterocycles. The largest absolute Gasteiger partial charge is 0.367 e. The molecule has 4 nitrogen and oxygen atoms in total. The number of carbonyl (C=O) groups excluding carboxylic acids is 1. The van der Waals surface area contributed by atoms with Crippen molar-refractivity contribution in [2.45, 2.75) is 58.2 Å². The lowest BCUT2D eigenvalue weighted by Gasteiger charge is -2.38. The minimum atomic E-state index is -0.610. The fourth-order valence-electron chi connectivity index (χ4n) is 3.66. The molecule has 2 aliphatic rings. The van der Waals surface area contributed by atoms with Gasteiger partial charge in [-0.05, 0) is 25.3 Å². The lowest BCUT2D eigenvalue weighted by molar-refractivity contribution is -0.178. The number of hydrogen-bond donors (Lipinski definition) is 0. The van der Waals surface area contributed by atoms with Gasteiger partial charge in [0.25, 0.3) is 0 Å². The second kappa shape index (κ2) is 7.40. The summed E-state index contributed by atoms with van der Waals surface area (Å²) in [6, 6.07) is 10.1. The van der Waals surface area contributed by atoms with E-state index in [1.807, 2.05) is 56.3 Å². The van der Waals surface area contributed by atoms with Crippen LogP contribution in [0.5, 0.6) is 0 Å². The first-order valence-electron chi connectivity index (χ1n) is 9.09. The summed E-state index contributed by atoms with van der Waals surface area (Å²) in [6.07, 6.45) is 3.76. The van der Waals surface area contributed by atoms with E-state index in [1.54, 1.807) is 0 Å². The van der Waals surface area contributed by atoms with E-state index < -0.39 is 5.79 Å². The summed E-state index contributed by atoms with van der Waals surface area (Å²) >= 11 is 0. The summed E-state index contributed by atoms with van der Waals surface area (Å²) in [7, 11) is 0. The molecule has 0 N–H and O–H groups in total. The summed E-state index contributed by atoms with van der Waals surface area (Å²) in [4.78, 5) is 12.8. The van der Waals surface area contributed by atoms with Gasteiger partial charge in [-0.15, -0.1) is 0 Å². The highest BCUT2D eigenvalue weighted by molar-refractivity contribution is 5.83. The Labute approximate surface area is 150 Å². The van der Waals surface area contributed by atoms with Crippen LogP contribution < -0.4 is 0 Å². The Balaban J connectivity index is 1.77. The third-order valence-corrected chi connectivity index (χ3v) is 4.90. The molecule has 1 aromatic carbocycles. The molecule has 0 spiro atoms. The number of ketones is 1. The Morgan fingerprint density at radius 2 is 1.88 bits per heavy atom. The van der Waals surface area contributed by atoms with Crippen molar-refractivity contribution in [1.29, 1.82) is 0 Å². The van der Waals surface area contributed by atoms with Gasteiger partial charge < -0.3 is 14.2 Å². The number of ether oxygens (including phenoxy) is 3. The van der Waals surface area contributed by atoms with Gasteiger partial charge in [-0.1, -0.05) is 56.3 Å². The molecule has 25 heavy (non-hydrogen) atoms. The predicted molar refractivity (Wildman–Crippen MR) is 97.0 cm³/mol. The van der Waals surface area contributed by atoms with Crippen LogP contribution in [-0.4, -0.2) is 36.5 Å². The van der Waals surface area contributed by atoms with Crippen LogP contribution in [0, 0.1) is 11.8 Å². The molecule has 0 saturated carbocycles. The second-order valence-electron chi connectivity index (χ2n) is 7.72. The summed E-state index contributed by atoms with van der Waals surface area (Å²) in [5, 5.41) is 0. The van der Waals surface area contributed by atoms with Gasteiger partial charge in [0.15, 0.2) is 5.79 Å². The fourth-order valence-corrected chi connectivity index (χ4v) is 3.66. The first kappa shape index (κ1) is 18.3. The molecule has 0 radical (unpaired) electrons. The standard InChI is InChI=1S/C21H28O4/c1-14(2)20-16(22)12-18(19-13-23-21(3,4)25-19)24-17(20)11-10-15-8-6-5-7-9-15/h5-11,14,17-20H,12-13H2,1-4H3/b11-10+/t17-,18-,19+,20-/m0/s1. The number of hydrogen-bond acceptors (Lipinski definition) is 4. The van der Waals surface area contributed by atoms with E-state index >= 15 is 0 Å². The van der Waals surface area contributed by atoms with Crippen molar-refractivity contribution in [3.63, 3.8) is 0 Å². The Kier molecular flexibility index (Phi) is 5.42. The fraction of sp³-hybridized carbons (Fsp3) is 0.571. The molecule has 3 rings (SSSR count). The average Bonchev–Trinajstić information content (AvgIpc) is 2.93. The molecule has 2 heterocycles. The van der Waals surface area contributed by atoms with Crippen molar-refractivity contribution in [3.8, 4) is 0 Å². The quantitative estimate of drug-likeness (QED) is 0.832. The van der Waals surface area contributed by atoms with Crippen molar-refractivity contribution in [3.05, 3.63) is 42.0 Å². The van der Waals surface area contributed by atoms with Gasteiger partial charge in [0.05, 0.1) is 18.8 Å². The van der Waals surface area contributed by atoms with Crippen LogP contribution in [-0.2, 0) is 19.0 Å². The molecule has 136 valence electrons. The zero-order valence-corrected chi connectivity index (χ0v) is 15.5. The Bertz CT molecular complexity index is 620. The van der Waals surface area contributed by atoms with Gasteiger partial charge in [-0.2, -0.15) is 0 Å². The van der Waals surface area contributed by atoms with Crippen molar-refractivity contribution in [2.75, 3.05) is 6.61 Å². The highest BCUT2D eigenvalue weighted by Gasteiger charge is 2.45. The van der Waals surface area contributed by atoms with Gasteiger partial charge in [0.2, 0.25) is 0 Å². The minimum absolute atomic E-state index is 0.119. The molecule has 0 bridgehead atoms. The Morgan fingerprint density at radius 3 is 2.48 bits per heavy atom. The summed E-state index contributed by atoms with van der Waals surface area (Å²) in [5.41, 5.74) is 1.10. The second-order valence-corrected chi connectivity index (χ2v) is 7.72.